The number of carbonyl (C=O) groups is 1. The minimum Gasteiger partial charge on any atom is -0.300 e. The molecule has 0 aliphatic heterocycles. The van der Waals surface area contributed by atoms with E-state index in [1.807, 2.05) is 0 Å². The van der Waals surface area contributed by atoms with E-state index in [9.17, 15) is 4.79 Å². The van der Waals surface area contributed by atoms with Crippen molar-refractivity contribution in [2.75, 3.05) is 13.1 Å². The zero-order valence-corrected chi connectivity index (χ0v) is 9.72. The highest BCUT2D eigenvalue weighted by molar-refractivity contribution is 6.63. The number of halogens is 1. The van der Waals surface area contributed by atoms with E-state index in [1.165, 1.54) is 32.1 Å². The Balaban J connectivity index is 2.31. The predicted octanol–water partition coefficient (Wildman–Crippen LogP) is 2.80. The second kappa shape index (κ2) is 6.41. The van der Waals surface area contributed by atoms with Crippen LogP contribution in [-0.2, 0) is 4.79 Å². The molecule has 1 aliphatic carbocycles. The maximum Gasteiger partial charge on any atom is 0.222 e. The fourth-order valence-electron chi connectivity index (χ4n) is 2.28. The van der Waals surface area contributed by atoms with Crippen LogP contribution >= 0.6 is 11.6 Å². The molecule has 1 aliphatic rings. The van der Waals surface area contributed by atoms with E-state index in [-0.39, 0.29) is 5.24 Å². The van der Waals surface area contributed by atoms with Crippen LogP contribution in [0.2, 0.25) is 0 Å². The van der Waals surface area contributed by atoms with E-state index in [1.54, 1.807) is 0 Å². The topological polar surface area (TPSA) is 20.3 Å². The first-order valence-corrected chi connectivity index (χ1v) is 6.04. The largest absolute Gasteiger partial charge is 0.300 e. The molecule has 14 heavy (non-hydrogen) atoms. The number of hydrogen-bond acceptors (Lipinski definition) is 2. The summed E-state index contributed by atoms with van der Waals surface area (Å²) in [6, 6.07) is 0.699. The summed E-state index contributed by atoms with van der Waals surface area (Å²) in [7, 11) is 0. The molecule has 0 saturated heterocycles. The van der Waals surface area contributed by atoms with Gasteiger partial charge in [0, 0.05) is 19.0 Å². The van der Waals surface area contributed by atoms with Crippen LogP contribution in [0.1, 0.15) is 45.4 Å². The normalized spacial score (nSPS) is 18.8. The average Bonchev–Trinajstić information content (AvgIpc) is 2.20. The SMILES string of the molecule is CCN(CCC(=O)Cl)C1CCCCC1. The van der Waals surface area contributed by atoms with E-state index < -0.39 is 0 Å². The molecule has 0 amide bonds. The maximum atomic E-state index is 10.7. The fourth-order valence-corrected chi connectivity index (χ4v) is 2.36. The molecule has 1 rings (SSSR count). The summed E-state index contributed by atoms with van der Waals surface area (Å²) >= 11 is 5.35. The lowest BCUT2D eigenvalue weighted by molar-refractivity contribution is -0.112. The molecule has 0 spiro atoms. The van der Waals surface area contributed by atoms with E-state index >= 15 is 0 Å². The van der Waals surface area contributed by atoms with E-state index in [4.69, 9.17) is 11.6 Å². The molecular formula is C11H20ClNO. The average molecular weight is 218 g/mol. The quantitative estimate of drug-likeness (QED) is 0.661. The van der Waals surface area contributed by atoms with Gasteiger partial charge in [-0.05, 0) is 31.0 Å². The number of nitrogens with zero attached hydrogens (tertiary/aromatic N) is 1. The Morgan fingerprint density at radius 2 is 2.00 bits per heavy atom. The van der Waals surface area contributed by atoms with Crippen LogP contribution < -0.4 is 0 Å². The lowest BCUT2D eigenvalue weighted by Crippen LogP contribution is -2.37. The van der Waals surface area contributed by atoms with E-state index in [2.05, 4.69) is 11.8 Å². The standard InChI is InChI=1S/C11H20ClNO/c1-2-13(9-8-11(12)14)10-6-4-3-5-7-10/h10H,2-9H2,1H3. The Labute approximate surface area is 91.6 Å². The van der Waals surface area contributed by atoms with E-state index in [0.29, 0.717) is 12.5 Å². The van der Waals surface area contributed by atoms with Crippen LogP contribution in [0.4, 0.5) is 0 Å². The first-order valence-electron chi connectivity index (χ1n) is 5.66. The summed E-state index contributed by atoms with van der Waals surface area (Å²) in [6.07, 6.45) is 7.15. The Hall–Kier alpha value is -0.0800. The van der Waals surface area contributed by atoms with Crippen molar-refractivity contribution in [2.45, 2.75) is 51.5 Å². The molecule has 0 unspecified atom stereocenters. The van der Waals surface area contributed by atoms with Crippen LogP contribution in [0.25, 0.3) is 0 Å². The molecule has 1 fully saturated rings. The van der Waals surface area contributed by atoms with Crippen molar-refractivity contribution in [2.24, 2.45) is 0 Å². The number of rotatable bonds is 5. The zero-order valence-electron chi connectivity index (χ0n) is 8.97. The molecule has 0 bridgehead atoms. The van der Waals surface area contributed by atoms with Crippen molar-refractivity contribution in [1.29, 1.82) is 0 Å². The molecule has 82 valence electrons. The van der Waals surface area contributed by atoms with Gasteiger partial charge in [-0.15, -0.1) is 0 Å². The third-order valence-corrected chi connectivity index (χ3v) is 3.28. The third kappa shape index (κ3) is 3.97. The second-order valence-electron chi connectivity index (χ2n) is 4.03. The molecule has 0 atom stereocenters. The lowest BCUT2D eigenvalue weighted by atomic mass is 9.94. The predicted molar refractivity (Wildman–Crippen MR) is 59.6 cm³/mol. The maximum absolute atomic E-state index is 10.7. The van der Waals surface area contributed by atoms with Gasteiger partial charge < -0.3 is 4.90 Å². The van der Waals surface area contributed by atoms with Crippen molar-refractivity contribution in [3.63, 3.8) is 0 Å². The Morgan fingerprint density at radius 3 is 2.50 bits per heavy atom. The third-order valence-electron chi connectivity index (χ3n) is 3.09. The molecule has 1 saturated carbocycles. The summed E-state index contributed by atoms with van der Waals surface area (Å²) in [5.41, 5.74) is 0. The van der Waals surface area contributed by atoms with Gasteiger partial charge in [0.2, 0.25) is 5.24 Å². The van der Waals surface area contributed by atoms with Gasteiger partial charge in [-0.3, -0.25) is 4.79 Å². The van der Waals surface area contributed by atoms with Crippen molar-refractivity contribution in [3.8, 4) is 0 Å². The molecule has 0 aromatic heterocycles. The van der Waals surface area contributed by atoms with Crippen LogP contribution in [0.15, 0.2) is 0 Å². The number of carbonyl (C=O) groups excluding carboxylic acids is 1. The smallest absolute Gasteiger partial charge is 0.222 e. The molecule has 3 heteroatoms. The van der Waals surface area contributed by atoms with Gasteiger partial charge in [0.15, 0.2) is 0 Å². The Kier molecular flexibility index (Phi) is 5.49. The van der Waals surface area contributed by atoms with Gasteiger partial charge in [-0.25, -0.2) is 0 Å². The van der Waals surface area contributed by atoms with Gasteiger partial charge in [0.05, 0.1) is 0 Å². The summed E-state index contributed by atoms with van der Waals surface area (Å²) in [4.78, 5) is 13.1. The Morgan fingerprint density at radius 1 is 1.36 bits per heavy atom. The van der Waals surface area contributed by atoms with E-state index in [0.717, 1.165) is 13.1 Å². The molecule has 0 N–H and O–H groups in total. The lowest BCUT2D eigenvalue weighted by Gasteiger charge is -2.33. The first kappa shape index (κ1) is 12.0. The first-order chi connectivity index (χ1) is 6.74. The molecule has 0 radical (unpaired) electrons. The van der Waals surface area contributed by atoms with Crippen LogP contribution in [0.5, 0.6) is 0 Å². The van der Waals surface area contributed by atoms with Crippen LogP contribution in [0.3, 0.4) is 0 Å². The van der Waals surface area contributed by atoms with Gasteiger partial charge >= 0.3 is 0 Å². The minimum atomic E-state index is -0.209. The van der Waals surface area contributed by atoms with Crippen LogP contribution in [0, 0.1) is 0 Å². The van der Waals surface area contributed by atoms with Gasteiger partial charge in [0.1, 0.15) is 0 Å². The summed E-state index contributed by atoms with van der Waals surface area (Å²) in [5.74, 6) is 0. The van der Waals surface area contributed by atoms with Crippen molar-refractivity contribution in [3.05, 3.63) is 0 Å². The highest BCUT2D eigenvalue weighted by atomic mass is 35.5. The van der Waals surface area contributed by atoms with Crippen molar-refractivity contribution < 1.29 is 4.79 Å². The fraction of sp³-hybridized carbons (Fsp3) is 0.909. The summed E-state index contributed by atoms with van der Waals surface area (Å²) in [5, 5.41) is -0.209. The highest BCUT2D eigenvalue weighted by Gasteiger charge is 2.19. The van der Waals surface area contributed by atoms with Gasteiger partial charge in [-0.2, -0.15) is 0 Å². The number of hydrogen-bond donors (Lipinski definition) is 0. The molecule has 0 aromatic carbocycles. The van der Waals surface area contributed by atoms with Crippen LogP contribution in [-0.4, -0.2) is 29.3 Å². The van der Waals surface area contributed by atoms with Gasteiger partial charge in [0.25, 0.3) is 0 Å². The van der Waals surface area contributed by atoms with Crippen molar-refractivity contribution >= 4 is 16.8 Å². The van der Waals surface area contributed by atoms with Crippen molar-refractivity contribution in [1.82, 2.24) is 4.90 Å². The second-order valence-corrected chi connectivity index (χ2v) is 4.45. The molecule has 2 nitrogen and oxygen atoms in total. The molecule has 0 aromatic rings. The monoisotopic (exact) mass is 217 g/mol. The highest BCUT2D eigenvalue weighted by Crippen LogP contribution is 2.22. The molecular weight excluding hydrogens is 198 g/mol. The van der Waals surface area contributed by atoms with Gasteiger partial charge in [-0.1, -0.05) is 26.2 Å². The summed E-state index contributed by atoms with van der Waals surface area (Å²) < 4.78 is 0. The Bertz CT molecular complexity index is 178. The summed E-state index contributed by atoms with van der Waals surface area (Å²) in [6.45, 7) is 4.03. The minimum absolute atomic E-state index is 0.209. The molecule has 0 heterocycles. The zero-order chi connectivity index (χ0) is 10.4.